The highest BCUT2D eigenvalue weighted by Gasteiger charge is 2.13. The van der Waals surface area contributed by atoms with Crippen LogP contribution in [0.25, 0.3) is 10.9 Å². The molecule has 6 heteroatoms. The van der Waals surface area contributed by atoms with Crippen LogP contribution in [0.1, 0.15) is 18.7 Å². The van der Waals surface area contributed by atoms with Gasteiger partial charge in [-0.3, -0.25) is 9.78 Å². The molecule has 1 aromatic carbocycles. The number of ether oxygens (including phenoxy) is 1. The summed E-state index contributed by atoms with van der Waals surface area (Å²) in [6, 6.07) is 10.5. The first-order valence-corrected chi connectivity index (χ1v) is 7.52. The van der Waals surface area contributed by atoms with Gasteiger partial charge in [0.05, 0.1) is 17.3 Å². The quantitative estimate of drug-likeness (QED) is 0.774. The minimum atomic E-state index is -0.243. The Bertz CT molecular complexity index is 818. The van der Waals surface area contributed by atoms with E-state index in [0.29, 0.717) is 22.0 Å². The van der Waals surface area contributed by atoms with Crippen LogP contribution >= 0.6 is 11.6 Å². The number of rotatable bonds is 5. The van der Waals surface area contributed by atoms with Crippen molar-refractivity contribution in [3.8, 4) is 5.75 Å². The van der Waals surface area contributed by atoms with Gasteiger partial charge in [0.15, 0.2) is 6.61 Å². The molecule has 0 saturated carbocycles. The number of hydrogen-bond donors (Lipinski definition) is 1. The Morgan fingerprint density at radius 2 is 2.22 bits per heavy atom. The second-order valence-corrected chi connectivity index (χ2v) is 5.45. The van der Waals surface area contributed by atoms with E-state index in [9.17, 15) is 4.79 Å². The van der Waals surface area contributed by atoms with Gasteiger partial charge in [-0.25, -0.2) is 0 Å². The average Bonchev–Trinajstić information content (AvgIpc) is 3.09. The van der Waals surface area contributed by atoms with Gasteiger partial charge >= 0.3 is 0 Å². The lowest BCUT2D eigenvalue weighted by Crippen LogP contribution is -2.31. The third-order valence-electron chi connectivity index (χ3n) is 3.39. The van der Waals surface area contributed by atoms with Crippen LogP contribution in [0.4, 0.5) is 0 Å². The summed E-state index contributed by atoms with van der Waals surface area (Å²) >= 11 is 6.13. The molecule has 0 unspecified atom stereocenters. The van der Waals surface area contributed by atoms with Crippen molar-refractivity contribution in [3.05, 3.63) is 59.6 Å². The molecule has 1 amide bonds. The van der Waals surface area contributed by atoms with Crippen molar-refractivity contribution in [2.24, 2.45) is 0 Å². The number of pyridine rings is 1. The number of aromatic nitrogens is 1. The number of carbonyl (C=O) groups is 1. The standard InChI is InChI=1S/C17H15ClN2O3/c1-11(14-5-3-9-22-14)20-16(21)10-23-15-7-6-13(18)12-4-2-8-19-17(12)15/h2-9,11H,10H2,1H3,(H,20,21)/t11-/m0/s1. The first-order valence-electron chi connectivity index (χ1n) is 7.14. The molecule has 0 bridgehead atoms. The monoisotopic (exact) mass is 330 g/mol. The lowest BCUT2D eigenvalue weighted by molar-refractivity contribution is -0.123. The highest BCUT2D eigenvalue weighted by atomic mass is 35.5. The molecule has 3 rings (SSSR count). The lowest BCUT2D eigenvalue weighted by atomic mass is 10.2. The summed E-state index contributed by atoms with van der Waals surface area (Å²) in [6.07, 6.45) is 3.23. The maximum Gasteiger partial charge on any atom is 0.258 e. The van der Waals surface area contributed by atoms with E-state index in [-0.39, 0.29) is 18.6 Å². The molecule has 3 aromatic rings. The van der Waals surface area contributed by atoms with Crippen LogP contribution in [0, 0.1) is 0 Å². The van der Waals surface area contributed by atoms with E-state index >= 15 is 0 Å². The molecule has 23 heavy (non-hydrogen) atoms. The van der Waals surface area contributed by atoms with E-state index in [2.05, 4.69) is 10.3 Å². The number of nitrogens with zero attached hydrogens (tertiary/aromatic N) is 1. The predicted octanol–water partition coefficient (Wildman–Crippen LogP) is 3.74. The van der Waals surface area contributed by atoms with Crippen molar-refractivity contribution in [2.45, 2.75) is 13.0 Å². The van der Waals surface area contributed by atoms with Crippen LogP contribution in [-0.2, 0) is 4.79 Å². The topological polar surface area (TPSA) is 64.4 Å². The maximum absolute atomic E-state index is 12.0. The summed E-state index contributed by atoms with van der Waals surface area (Å²) < 4.78 is 10.8. The molecule has 1 atom stereocenters. The summed E-state index contributed by atoms with van der Waals surface area (Å²) in [5.74, 6) is 0.968. The molecule has 2 aromatic heterocycles. The SMILES string of the molecule is C[C@H](NC(=O)COc1ccc(Cl)c2cccnc12)c1ccco1. The molecule has 0 aliphatic heterocycles. The van der Waals surface area contributed by atoms with Gasteiger partial charge in [0.25, 0.3) is 5.91 Å². The fourth-order valence-electron chi connectivity index (χ4n) is 2.26. The summed E-state index contributed by atoms with van der Waals surface area (Å²) in [4.78, 5) is 16.3. The molecule has 0 aliphatic rings. The summed E-state index contributed by atoms with van der Waals surface area (Å²) in [5, 5.41) is 4.19. The van der Waals surface area contributed by atoms with Crippen molar-refractivity contribution in [1.29, 1.82) is 0 Å². The number of benzene rings is 1. The zero-order chi connectivity index (χ0) is 16.2. The van der Waals surface area contributed by atoms with Gasteiger partial charge in [0.1, 0.15) is 17.0 Å². The van der Waals surface area contributed by atoms with Gasteiger partial charge in [-0.1, -0.05) is 11.6 Å². The smallest absolute Gasteiger partial charge is 0.258 e. The Morgan fingerprint density at radius 1 is 1.35 bits per heavy atom. The van der Waals surface area contributed by atoms with Crippen LogP contribution < -0.4 is 10.1 Å². The Kier molecular flexibility index (Phi) is 4.48. The van der Waals surface area contributed by atoms with Crippen molar-refractivity contribution < 1.29 is 13.9 Å². The molecule has 2 heterocycles. The number of amides is 1. The molecular formula is C17H15ClN2O3. The van der Waals surface area contributed by atoms with E-state index < -0.39 is 0 Å². The Morgan fingerprint density at radius 3 is 3.00 bits per heavy atom. The number of carbonyl (C=O) groups excluding carboxylic acids is 1. The van der Waals surface area contributed by atoms with Crippen molar-refractivity contribution in [3.63, 3.8) is 0 Å². The Balaban J connectivity index is 1.67. The van der Waals surface area contributed by atoms with Gasteiger partial charge in [-0.05, 0) is 43.3 Å². The van der Waals surface area contributed by atoms with Crippen LogP contribution in [0.15, 0.2) is 53.3 Å². The first-order chi connectivity index (χ1) is 11.1. The van der Waals surface area contributed by atoms with E-state index in [4.69, 9.17) is 20.8 Å². The number of hydrogen-bond acceptors (Lipinski definition) is 4. The summed E-state index contributed by atoms with van der Waals surface area (Å²) in [5.41, 5.74) is 0.631. The zero-order valence-electron chi connectivity index (χ0n) is 12.5. The lowest BCUT2D eigenvalue weighted by Gasteiger charge is -2.13. The van der Waals surface area contributed by atoms with Gasteiger partial charge in [0.2, 0.25) is 0 Å². The fraction of sp³-hybridized carbons (Fsp3) is 0.176. The Hall–Kier alpha value is -2.53. The van der Waals surface area contributed by atoms with Gasteiger partial charge in [-0.2, -0.15) is 0 Å². The largest absolute Gasteiger partial charge is 0.481 e. The highest BCUT2D eigenvalue weighted by Crippen LogP contribution is 2.29. The van der Waals surface area contributed by atoms with Crippen molar-refractivity contribution in [1.82, 2.24) is 10.3 Å². The van der Waals surface area contributed by atoms with Crippen LogP contribution in [0.2, 0.25) is 5.02 Å². The van der Waals surface area contributed by atoms with Gasteiger partial charge in [0, 0.05) is 11.6 Å². The normalized spacial score (nSPS) is 12.1. The first kappa shape index (κ1) is 15.4. The van der Waals surface area contributed by atoms with Crippen molar-refractivity contribution in [2.75, 3.05) is 6.61 Å². The van der Waals surface area contributed by atoms with Crippen LogP contribution in [-0.4, -0.2) is 17.5 Å². The zero-order valence-corrected chi connectivity index (χ0v) is 13.2. The molecule has 0 spiro atoms. The van der Waals surface area contributed by atoms with E-state index in [0.717, 1.165) is 5.39 Å². The minimum absolute atomic E-state index is 0.113. The van der Waals surface area contributed by atoms with E-state index in [1.54, 1.807) is 36.7 Å². The number of furan rings is 1. The number of fused-ring (bicyclic) bond motifs is 1. The molecule has 0 fully saturated rings. The Labute approximate surface area is 138 Å². The number of nitrogens with one attached hydrogen (secondary N) is 1. The second kappa shape index (κ2) is 6.71. The summed E-state index contributed by atoms with van der Waals surface area (Å²) in [7, 11) is 0. The van der Waals surface area contributed by atoms with E-state index in [1.165, 1.54) is 0 Å². The predicted molar refractivity (Wildman–Crippen MR) is 87.5 cm³/mol. The molecular weight excluding hydrogens is 316 g/mol. The van der Waals surface area contributed by atoms with Crippen molar-refractivity contribution >= 4 is 28.4 Å². The molecule has 118 valence electrons. The summed E-state index contributed by atoms with van der Waals surface area (Å²) in [6.45, 7) is 1.73. The van der Waals surface area contributed by atoms with Crippen LogP contribution in [0.5, 0.6) is 5.75 Å². The number of halogens is 1. The minimum Gasteiger partial charge on any atom is -0.481 e. The maximum atomic E-state index is 12.0. The molecule has 1 N–H and O–H groups in total. The van der Waals surface area contributed by atoms with Gasteiger partial charge < -0.3 is 14.5 Å². The molecule has 5 nitrogen and oxygen atoms in total. The third-order valence-corrected chi connectivity index (χ3v) is 3.72. The van der Waals surface area contributed by atoms with E-state index in [1.807, 2.05) is 19.1 Å². The average molecular weight is 331 g/mol. The molecule has 0 aliphatic carbocycles. The fourth-order valence-corrected chi connectivity index (χ4v) is 2.48. The molecule has 0 radical (unpaired) electrons. The van der Waals surface area contributed by atoms with Crippen LogP contribution in [0.3, 0.4) is 0 Å². The van der Waals surface area contributed by atoms with Gasteiger partial charge in [-0.15, -0.1) is 0 Å². The highest BCUT2D eigenvalue weighted by molar-refractivity contribution is 6.35. The molecule has 0 saturated heterocycles. The second-order valence-electron chi connectivity index (χ2n) is 5.04. The third kappa shape index (κ3) is 3.46.